The van der Waals surface area contributed by atoms with Crippen molar-refractivity contribution in [2.24, 2.45) is 5.73 Å². The van der Waals surface area contributed by atoms with Gasteiger partial charge in [0.2, 0.25) is 5.91 Å². The Morgan fingerprint density at radius 3 is 2.70 bits per heavy atom. The molecule has 4 heteroatoms. The minimum Gasteiger partial charge on any atom is -0.339 e. The predicted octanol–water partition coefficient (Wildman–Crippen LogP) is -1.62. The van der Waals surface area contributed by atoms with Crippen molar-refractivity contribution in [1.82, 2.24) is 10.2 Å². The van der Waals surface area contributed by atoms with Crippen molar-refractivity contribution in [3.05, 3.63) is 0 Å². The van der Waals surface area contributed by atoms with E-state index < -0.39 is 0 Å². The first kappa shape index (κ1) is 7.50. The van der Waals surface area contributed by atoms with Crippen molar-refractivity contribution in [2.75, 3.05) is 26.7 Å². The van der Waals surface area contributed by atoms with E-state index in [0.717, 1.165) is 13.1 Å². The van der Waals surface area contributed by atoms with Crippen LogP contribution in [0.25, 0.3) is 0 Å². The van der Waals surface area contributed by atoms with Gasteiger partial charge in [-0.05, 0) is 0 Å². The van der Waals surface area contributed by atoms with Crippen LogP contribution in [0.1, 0.15) is 0 Å². The number of hydrogen-bond donors (Lipinski definition) is 2. The molecule has 0 radical (unpaired) electrons. The molecule has 0 aromatic heterocycles. The summed E-state index contributed by atoms with van der Waals surface area (Å²) in [5.74, 6) is 0.0199. The molecule has 1 fully saturated rings. The SMILES string of the molecule is CN(C(=O)CN)C1CNC1. The van der Waals surface area contributed by atoms with E-state index >= 15 is 0 Å². The Balaban J connectivity index is 2.31. The molecule has 0 saturated carbocycles. The summed E-state index contributed by atoms with van der Waals surface area (Å²) >= 11 is 0. The molecular weight excluding hydrogens is 130 g/mol. The Bertz CT molecular complexity index is 133. The second kappa shape index (κ2) is 2.98. The minimum atomic E-state index is 0.0199. The van der Waals surface area contributed by atoms with Crippen LogP contribution in [0.5, 0.6) is 0 Å². The van der Waals surface area contributed by atoms with Gasteiger partial charge in [-0.2, -0.15) is 0 Å². The summed E-state index contributed by atoms with van der Waals surface area (Å²) in [7, 11) is 1.79. The standard InChI is InChI=1S/C6H13N3O/c1-9(6(10)2-7)5-3-8-4-5/h5,8H,2-4,7H2,1H3. The van der Waals surface area contributed by atoms with Gasteiger partial charge in [0.25, 0.3) is 0 Å². The molecule has 0 bridgehead atoms. The number of nitrogens with zero attached hydrogens (tertiary/aromatic N) is 1. The quantitative estimate of drug-likeness (QED) is 0.488. The van der Waals surface area contributed by atoms with Gasteiger partial charge in [0.05, 0.1) is 12.6 Å². The molecule has 4 nitrogen and oxygen atoms in total. The van der Waals surface area contributed by atoms with E-state index in [1.54, 1.807) is 11.9 Å². The highest BCUT2D eigenvalue weighted by Crippen LogP contribution is 2.00. The lowest BCUT2D eigenvalue weighted by Gasteiger charge is -2.35. The van der Waals surface area contributed by atoms with Gasteiger partial charge in [0, 0.05) is 20.1 Å². The van der Waals surface area contributed by atoms with E-state index in [9.17, 15) is 4.79 Å². The fourth-order valence-electron chi connectivity index (χ4n) is 0.895. The molecule has 0 atom stereocenters. The molecule has 1 amide bonds. The largest absolute Gasteiger partial charge is 0.339 e. The van der Waals surface area contributed by atoms with Crippen molar-refractivity contribution < 1.29 is 4.79 Å². The van der Waals surface area contributed by atoms with Crippen LogP contribution in [-0.4, -0.2) is 43.5 Å². The number of hydrogen-bond acceptors (Lipinski definition) is 3. The number of carbonyl (C=O) groups excluding carboxylic acids is 1. The minimum absolute atomic E-state index is 0.0199. The number of carbonyl (C=O) groups is 1. The van der Waals surface area contributed by atoms with Gasteiger partial charge in [-0.1, -0.05) is 0 Å². The van der Waals surface area contributed by atoms with Gasteiger partial charge in [-0.15, -0.1) is 0 Å². The van der Waals surface area contributed by atoms with Crippen molar-refractivity contribution >= 4 is 5.91 Å². The second-order valence-electron chi connectivity index (χ2n) is 2.52. The number of nitrogens with one attached hydrogen (secondary N) is 1. The molecule has 0 aromatic rings. The molecule has 1 rings (SSSR count). The summed E-state index contributed by atoms with van der Waals surface area (Å²) in [6.45, 7) is 1.93. The fourth-order valence-corrected chi connectivity index (χ4v) is 0.895. The zero-order valence-electron chi connectivity index (χ0n) is 6.13. The maximum Gasteiger partial charge on any atom is 0.236 e. The van der Waals surface area contributed by atoms with E-state index in [4.69, 9.17) is 5.73 Å². The van der Waals surface area contributed by atoms with Gasteiger partial charge in [0.15, 0.2) is 0 Å². The third kappa shape index (κ3) is 1.27. The highest BCUT2D eigenvalue weighted by molar-refractivity contribution is 5.78. The highest BCUT2D eigenvalue weighted by atomic mass is 16.2. The van der Waals surface area contributed by atoms with Crippen LogP contribution < -0.4 is 11.1 Å². The Morgan fingerprint density at radius 1 is 1.80 bits per heavy atom. The molecule has 0 aromatic carbocycles. The summed E-state index contributed by atoms with van der Waals surface area (Å²) in [5, 5.41) is 3.09. The van der Waals surface area contributed by atoms with Gasteiger partial charge in [-0.3, -0.25) is 4.79 Å². The monoisotopic (exact) mass is 143 g/mol. The van der Waals surface area contributed by atoms with E-state index in [-0.39, 0.29) is 12.5 Å². The van der Waals surface area contributed by atoms with Crippen molar-refractivity contribution in [1.29, 1.82) is 0 Å². The summed E-state index contributed by atoms with van der Waals surface area (Å²) in [6.07, 6.45) is 0. The van der Waals surface area contributed by atoms with Crippen molar-refractivity contribution in [2.45, 2.75) is 6.04 Å². The summed E-state index contributed by atoms with van der Waals surface area (Å²) in [4.78, 5) is 12.6. The van der Waals surface area contributed by atoms with Crippen LogP contribution in [0.3, 0.4) is 0 Å². The average molecular weight is 143 g/mol. The normalized spacial score (nSPS) is 18.2. The molecule has 1 aliphatic heterocycles. The predicted molar refractivity (Wildman–Crippen MR) is 38.5 cm³/mol. The van der Waals surface area contributed by atoms with Gasteiger partial charge >= 0.3 is 0 Å². The molecule has 1 heterocycles. The molecular formula is C6H13N3O. The summed E-state index contributed by atoms with van der Waals surface area (Å²) < 4.78 is 0. The van der Waals surface area contributed by atoms with Crippen LogP contribution in [0.2, 0.25) is 0 Å². The lowest BCUT2D eigenvalue weighted by molar-refractivity contribution is -0.131. The average Bonchev–Trinajstić information content (AvgIpc) is 1.82. The van der Waals surface area contributed by atoms with E-state index in [2.05, 4.69) is 5.32 Å². The first-order valence-electron chi connectivity index (χ1n) is 3.42. The third-order valence-corrected chi connectivity index (χ3v) is 1.88. The van der Waals surface area contributed by atoms with Crippen LogP contribution in [-0.2, 0) is 4.79 Å². The molecule has 0 unspecified atom stereocenters. The fraction of sp³-hybridized carbons (Fsp3) is 0.833. The molecule has 10 heavy (non-hydrogen) atoms. The molecule has 58 valence electrons. The molecule has 1 saturated heterocycles. The number of amides is 1. The lowest BCUT2D eigenvalue weighted by Crippen LogP contribution is -2.58. The van der Waals surface area contributed by atoms with E-state index in [1.807, 2.05) is 0 Å². The Kier molecular flexibility index (Phi) is 2.24. The number of nitrogens with two attached hydrogens (primary N) is 1. The lowest BCUT2D eigenvalue weighted by atomic mass is 10.1. The van der Waals surface area contributed by atoms with Crippen molar-refractivity contribution in [3.8, 4) is 0 Å². The Labute approximate surface area is 60.4 Å². The van der Waals surface area contributed by atoms with Gasteiger partial charge in [-0.25, -0.2) is 0 Å². The molecule has 1 aliphatic rings. The first-order valence-corrected chi connectivity index (χ1v) is 3.42. The highest BCUT2D eigenvalue weighted by Gasteiger charge is 2.23. The zero-order valence-corrected chi connectivity index (χ0v) is 6.13. The topological polar surface area (TPSA) is 58.4 Å². The molecule has 0 aliphatic carbocycles. The smallest absolute Gasteiger partial charge is 0.236 e. The second-order valence-corrected chi connectivity index (χ2v) is 2.52. The summed E-state index contributed by atoms with van der Waals surface area (Å²) in [6, 6.07) is 0.371. The maximum atomic E-state index is 10.9. The van der Waals surface area contributed by atoms with Gasteiger partial charge < -0.3 is 16.0 Å². The van der Waals surface area contributed by atoms with Gasteiger partial charge in [0.1, 0.15) is 0 Å². The maximum absolute atomic E-state index is 10.9. The number of rotatable bonds is 2. The van der Waals surface area contributed by atoms with Crippen LogP contribution >= 0.6 is 0 Å². The Hall–Kier alpha value is -0.610. The molecule has 3 N–H and O–H groups in total. The Morgan fingerprint density at radius 2 is 2.40 bits per heavy atom. The number of likely N-dealkylation sites (N-methyl/N-ethyl adjacent to an activating group) is 1. The zero-order chi connectivity index (χ0) is 7.56. The van der Waals surface area contributed by atoms with Crippen LogP contribution in [0.4, 0.5) is 0 Å². The van der Waals surface area contributed by atoms with Crippen LogP contribution in [0, 0.1) is 0 Å². The molecule has 0 spiro atoms. The summed E-state index contributed by atoms with van der Waals surface area (Å²) in [5.41, 5.74) is 5.18. The van der Waals surface area contributed by atoms with Crippen LogP contribution in [0.15, 0.2) is 0 Å². The van der Waals surface area contributed by atoms with E-state index in [1.165, 1.54) is 0 Å². The first-order chi connectivity index (χ1) is 4.75. The van der Waals surface area contributed by atoms with Crippen molar-refractivity contribution in [3.63, 3.8) is 0 Å². The third-order valence-electron chi connectivity index (χ3n) is 1.88. The van der Waals surface area contributed by atoms with E-state index in [0.29, 0.717) is 6.04 Å².